The predicted molar refractivity (Wildman–Crippen MR) is 143 cm³/mol. The van der Waals surface area contributed by atoms with Crippen molar-refractivity contribution in [2.45, 2.75) is 32.0 Å². The van der Waals surface area contributed by atoms with Crippen LogP contribution in [0.15, 0.2) is 77.8 Å². The van der Waals surface area contributed by atoms with Crippen molar-refractivity contribution < 1.29 is 4.74 Å². The molecule has 0 saturated carbocycles. The predicted octanol–water partition coefficient (Wildman–Crippen LogP) is 6.15. The lowest BCUT2D eigenvalue weighted by Crippen LogP contribution is -2.54. The summed E-state index contributed by atoms with van der Waals surface area (Å²) in [6.07, 6.45) is 0.101. The molecule has 0 bridgehead atoms. The minimum Gasteiger partial charge on any atom is -0.491 e. The van der Waals surface area contributed by atoms with Crippen molar-refractivity contribution in [2.24, 2.45) is 4.99 Å². The molecule has 1 N–H and O–H groups in total. The number of ether oxygens (including phenoxy) is 1. The van der Waals surface area contributed by atoms with Gasteiger partial charge in [-0.3, -0.25) is 10.0 Å². The van der Waals surface area contributed by atoms with Crippen LogP contribution in [0, 0.1) is 0 Å². The molecule has 1 fully saturated rings. The Hall–Kier alpha value is -2.57. The fraction of sp³-hybridized carbons (Fsp3) is 0.321. The summed E-state index contributed by atoms with van der Waals surface area (Å²) in [7, 11) is 0. The number of amidine groups is 1. The molecule has 0 radical (unpaired) electrons. The summed E-state index contributed by atoms with van der Waals surface area (Å²) in [5, 5.41) is 9.72. The van der Waals surface area contributed by atoms with Crippen LogP contribution in [0.5, 0.6) is 5.75 Å². The van der Waals surface area contributed by atoms with E-state index in [1.807, 2.05) is 50.2 Å². The first-order chi connectivity index (χ1) is 17.0. The van der Waals surface area contributed by atoms with E-state index in [0.717, 1.165) is 58.9 Å². The highest BCUT2D eigenvalue weighted by Gasteiger charge is 2.42. The molecule has 2 unspecified atom stereocenters. The molecular formula is C28H30Cl2N4O. The van der Waals surface area contributed by atoms with Gasteiger partial charge in [0.2, 0.25) is 0 Å². The van der Waals surface area contributed by atoms with Gasteiger partial charge in [-0.2, -0.15) is 0 Å². The molecule has 7 heteroatoms. The highest BCUT2D eigenvalue weighted by Crippen LogP contribution is 2.45. The number of benzene rings is 3. The molecule has 0 aromatic heterocycles. The Kier molecular flexibility index (Phi) is 7.30. The van der Waals surface area contributed by atoms with Crippen LogP contribution in [-0.2, 0) is 0 Å². The van der Waals surface area contributed by atoms with E-state index in [1.165, 1.54) is 5.56 Å². The third-order valence-corrected chi connectivity index (χ3v) is 6.83. The van der Waals surface area contributed by atoms with Crippen LogP contribution in [0.3, 0.4) is 0 Å². The van der Waals surface area contributed by atoms with Gasteiger partial charge >= 0.3 is 0 Å². The number of halogens is 2. The molecule has 3 aromatic rings. The summed E-state index contributed by atoms with van der Waals surface area (Å²) in [5.74, 6) is 1.79. The number of hydrazine groups is 1. The summed E-state index contributed by atoms with van der Waals surface area (Å²) in [5.41, 5.74) is 3.33. The van der Waals surface area contributed by atoms with E-state index in [0.29, 0.717) is 0 Å². The van der Waals surface area contributed by atoms with Crippen molar-refractivity contribution in [1.82, 2.24) is 15.3 Å². The number of nitrogens with zero attached hydrogens (tertiary/aromatic N) is 3. The fourth-order valence-corrected chi connectivity index (χ4v) is 5.05. The van der Waals surface area contributed by atoms with Gasteiger partial charge in [0.15, 0.2) is 0 Å². The Balaban J connectivity index is 1.64. The van der Waals surface area contributed by atoms with Gasteiger partial charge in [-0.25, -0.2) is 5.01 Å². The van der Waals surface area contributed by atoms with Crippen LogP contribution >= 0.6 is 23.2 Å². The average molecular weight is 509 g/mol. The fourth-order valence-electron chi connectivity index (χ4n) is 4.79. The molecule has 2 heterocycles. The van der Waals surface area contributed by atoms with Gasteiger partial charge in [-0.15, -0.1) is 0 Å². The molecule has 0 spiro atoms. The van der Waals surface area contributed by atoms with Crippen molar-refractivity contribution in [1.29, 1.82) is 0 Å². The van der Waals surface area contributed by atoms with Crippen LogP contribution in [0.25, 0.3) is 0 Å². The molecule has 1 saturated heterocycles. The summed E-state index contributed by atoms with van der Waals surface area (Å²) >= 11 is 12.5. The Morgan fingerprint density at radius 3 is 2.14 bits per heavy atom. The third kappa shape index (κ3) is 5.34. The Labute approximate surface area is 217 Å². The van der Waals surface area contributed by atoms with E-state index in [4.69, 9.17) is 32.9 Å². The van der Waals surface area contributed by atoms with E-state index in [2.05, 4.69) is 51.7 Å². The summed E-state index contributed by atoms with van der Waals surface area (Å²) in [6.45, 7) is 7.75. The van der Waals surface area contributed by atoms with Gasteiger partial charge < -0.3 is 10.1 Å². The van der Waals surface area contributed by atoms with E-state index < -0.39 is 0 Å². The topological polar surface area (TPSA) is 40.1 Å². The lowest BCUT2D eigenvalue weighted by molar-refractivity contribution is 0.000432. The molecule has 5 nitrogen and oxygen atoms in total. The molecule has 182 valence electrons. The normalized spacial score (nSPS) is 20.8. The van der Waals surface area contributed by atoms with Crippen molar-refractivity contribution in [3.8, 4) is 5.75 Å². The lowest BCUT2D eigenvalue weighted by Gasteiger charge is -2.42. The first-order valence-corrected chi connectivity index (χ1v) is 12.9. The van der Waals surface area contributed by atoms with Gasteiger partial charge in [0.05, 0.1) is 12.1 Å². The third-order valence-electron chi connectivity index (χ3n) is 6.33. The van der Waals surface area contributed by atoms with Gasteiger partial charge in [0.25, 0.3) is 0 Å². The number of hydrogen-bond acceptors (Lipinski definition) is 5. The van der Waals surface area contributed by atoms with Crippen molar-refractivity contribution in [3.63, 3.8) is 0 Å². The largest absolute Gasteiger partial charge is 0.491 e. The van der Waals surface area contributed by atoms with E-state index >= 15 is 0 Å². The van der Waals surface area contributed by atoms with E-state index in [9.17, 15) is 0 Å². The summed E-state index contributed by atoms with van der Waals surface area (Å²) in [4.78, 5) is 5.36. The van der Waals surface area contributed by atoms with Gasteiger partial charge in [0, 0.05) is 41.8 Å². The molecule has 35 heavy (non-hydrogen) atoms. The minimum absolute atomic E-state index is 0.0174. The first-order valence-electron chi connectivity index (χ1n) is 12.1. The highest BCUT2D eigenvalue weighted by atomic mass is 35.5. The van der Waals surface area contributed by atoms with Gasteiger partial charge in [0.1, 0.15) is 17.6 Å². The Morgan fingerprint density at radius 1 is 0.886 bits per heavy atom. The molecule has 5 rings (SSSR count). The zero-order chi connectivity index (χ0) is 24.4. The molecular weight excluding hydrogens is 479 g/mol. The molecule has 2 aliphatic heterocycles. The molecule has 2 aliphatic rings. The number of aliphatic imine (C=N–C) groups is 1. The maximum absolute atomic E-state index is 6.27. The van der Waals surface area contributed by atoms with Crippen LogP contribution in [0.1, 0.15) is 42.6 Å². The Bertz CT molecular complexity index is 1170. The minimum atomic E-state index is -0.104. The zero-order valence-corrected chi connectivity index (χ0v) is 21.5. The molecule has 2 atom stereocenters. The highest BCUT2D eigenvalue weighted by molar-refractivity contribution is 6.30. The van der Waals surface area contributed by atoms with Crippen LogP contribution < -0.4 is 10.1 Å². The van der Waals surface area contributed by atoms with Crippen molar-refractivity contribution >= 4 is 29.0 Å². The lowest BCUT2D eigenvalue weighted by atomic mass is 9.94. The van der Waals surface area contributed by atoms with E-state index in [-0.39, 0.29) is 18.2 Å². The molecule has 0 aliphatic carbocycles. The van der Waals surface area contributed by atoms with Gasteiger partial charge in [-0.05, 0) is 61.4 Å². The molecule has 3 aromatic carbocycles. The standard InChI is InChI=1S/C28H30Cl2N4O/c1-19(2)35-25-5-3-4-22(18-25)28-32-26(20-6-10-23(29)11-7-20)27(21-8-12-24(30)13-9-21)34(28)33-16-14-31-15-17-33/h3-13,18-19,26-27,31H,14-17H2,1-2H3. The Morgan fingerprint density at radius 2 is 1.51 bits per heavy atom. The summed E-state index contributed by atoms with van der Waals surface area (Å²) in [6, 6.07) is 24.3. The number of rotatable bonds is 6. The van der Waals surface area contributed by atoms with Gasteiger partial charge in [-0.1, -0.05) is 59.6 Å². The van der Waals surface area contributed by atoms with Crippen molar-refractivity contribution in [3.05, 3.63) is 99.5 Å². The number of hydrogen-bond donors (Lipinski definition) is 1. The SMILES string of the molecule is CC(C)Oc1cccc(C2=NC(c3ccc(Cl)cc3)C(c3ccc(Cl)cc3)N2N2CCNCC2)c1. The zero-order valence-electron chi connectivity index (χ0n) is 20.0. The first kappa shape index (κ1) is 24.1. The van der Waals surface area contributed by atoms with Crippen LogP contribution in [0.4, 0.5) is 0 Å². The second-order valence-corrected chi connectivity index (χ2v) is 10.1. The van der Waals surface area contributed by atoms with Crippen LogP contribution in [-0.4, -0.2) is 48.1 Å². The smallest absolute Gasteiger partial charge is 0.147 e. The maximum atomic E-state index is 6.27. The summed E-state index contributed by atoms with van der Waals surface area (Å²) < 4.78 is 6.02. The van der Waals surface area contributed by atoms with E-state index in [1.54, 1.807) is 0 Å². The average Bonchev–Trinajstić information content (AvgIpc) is 3.26. The number of nitrogens with one attached hydrogen (secondary N) is 1. The second kappa shape index (κ2) is 10.6. The quantitative estimate of drug-likeness (QED) is 0.433. The van der Waals surface area contributed by atoms with Crippen LogP contribution in [0.2, 0.25) is 10.0 Å². The molecule has 0 amide bonds. The maximum Gasteiger partial charge on any atom is 0.147 e. The second-order valence-electron chi connectivity index (χ2n) is 9.19. The van der Waals surface area contributed by atoms with Crippen molar-refractivity contribution in [2.75, 3.05) is 26.2 Å². The monoisotopic (exact) mass is 508 g/mol. The number of piperazine rings is 1.